The monoisotopic (exact) mass is 222 g/mol. The Bertz CT molecular complexity index is 469. The lowest BCUT2D eigenvalue weighted by Crippen LogP contribution is -1.80. The molecule has 0 heterocycles. The molecular formula is C12H8F2S. The summed E-state index contributed by atoms with van der Waals surface area (Å²) in [4.78, 5) is 1.20. The molecule has 2 aromatic rings. The third kappa shape index (κ3) is 2.57. The molecule has 0 aliphatic carbocycles. The molecule has 0 saturated heterocycles. The van der Waals surface area contributed by atoms with E-state index >= 15 is 0 Å². The fourth-order valence-corrected chi connectivity index (χ4v) is 2.07. The van der Waals surface area contributed by atoms with Crippen molar-refractivity contribution in [1.82, 2.24) is 0 Å². The van der Waals surface area contributed by atoms with Crippen molar-refractivity contribution in [3.05, 3.63) is 60.2 Å². The third-order valence-corrected chi connectivity index (χ3v) is 2.90. The van der Waals surface area contributed by atoms with Gasteiger partial charge in [0.25, 0.3) is 0 Å². The second-order valence-corrected chi connectivity index (χ2v) is 4.11. The van der Waals surface area contributed by atoms with Gasteiger partial charge >= 0.3 is 0 Å². The molecule has 15 heavy (non-hydrogen) atoms. The Morgan fingerprint density at radius 2 is 1.67 bits per heavy atom. The van der Waals surface area contributed by atoms with Gasteiger partial charge in [-0.15, -0.1) is 0 Å². The average Bonchev–Trinajstić information content (AvgIpc) is 2.22. The van der Waals surface area contributed by atoms with E-state index in [1.807, 2.05) is 0 Å². The quantitative estimate of drug-likeness (QED) is 0.736. The van der Waals surface area contributed by atoms with E-state index in [1.54, 1.807) is 30.3 Å². The van der Waals surface area contributed by atoms with E-state index in [9.17, 15) is 8.78 Å². The Hall–Kier alpha value is -1.35. The zero-order chi connectivity index (χ0) is 10.7. The minimum absolute atomic E-state index is 0.285. The van der Waals surface area contributed by atoms with Gasteiger partial charge in [-0.25, -0.2) is 8.78 Å². The van der Waals surface area contributed by atoms with Crippen molar-refractivity contribution in [2.24, 2.45) is 0 Å². The van der Waals surface area contributed by atoms with E-state index in [4.69, 9.17) is 0 Å². The van der Waals surface area contributed by atoms with Crippen LogP contribution in [0.5, 0.6) is 0 Å². The van der Waals surface area contributed by atoms with E-state index in [1.165, 1.54) is 30.0 Å². The summed E-state index contributed by atoms with van der Waals surface area (Å²) in [6.45, 7) is 0. The van der Waals surface area contributed by atoms with Gasteiger partial charge in [0.05, 0.1) is 0 Å². The van der Waals surface area contributed by atoms with Crippen molar-refractivity contribution < 1.29 is 8.78 Å². The molecule has 0 amide bonds. The largest absolute Gasteiger partial charge is 0.207 e. The zero-order valence-electron chi connectivity index (χ0n) is 7.78. The molecular weight excluding hydrogens is 214 g/mol. The summed E-state index contributed by atoms with van der Waals surface area (Å²) in [6, 6.07) is 12.6. The standard InChI is InChI=1S/C12H8F2S/c13-9-4-3-5-10(8-9)15-12-7-2-1-6-11(12)14/h1-8H. The fourth-order valence-electron chi connectivity index (χ4n) is 1.18. The number of hydrogen-bond acceptors (Lipinski definition) is 1. The molecule has 0 aliphatic heterocycles. The second kappa shape index (κ2) is 4.45. The maximum atomic E-state index is 13.3. The molecule has 0 saturated carbocycles. The summed E-state index contributed by atoms with van der Waals surface area (Å²) in [7, 11) is 0. The van der Waals surface area contributed by atoms with Crippen LogP contribution in [0.15, 0.2) is 58.3 Å². The molecule has 76 valence electrons. The van der Waals surface area contributed by atoms with Crippen molar-refractivity contribution in [2.75, 3.05) is 0 Å². The highest BCUT2D eigenvalue weighted by molar-refractivity contribution is 7.99. The van der Waals surface area contributed by atoms with Crippen LogP contribution in [0.3, 0.4) is 0 Å². The molecule has 0 N–H and O–H groups in total. The lowest BCUT2D eigenvalue weighted by molar-refractivity contribution is 0.601. The van der Waals surface area contributed by atoms with Crippen LogP contribution < -0.4 is 0 Å². The van der Waals surface area contributed by atoms with Gasteiger partial charge in [-0.05, 0) is 30.3 Å². The van der Waals surface area contributed by atoms with Crippen molar-refractivity contribution >= 4 is 11.8 Å². The summed E-state index contributed by atoms with van der Waals surface area (Å²) in [5.74, 6) is -0.594. The summed E-state index contributed by atoms with van der Waals surface area (Å²) < 4.78 is 26.1. The summed E-state index contributed by atoms with van der Waals surface area (Å²) in [5, 5.41) is 0. The Morgan fingerprint density at radius 1 is 0.867 bits per heavy atom. The van der Waals surface area contributed by atoms with Gasteiger partial charge < -0.3 is 0 Å². The van der Waals surface area contributed by atoms with Gasteiger partial charge in [0, 0.05) is 9.79 Å². The Morgan fingerprint density at radius 3 is 2.40 bits per heavy atom. The summed E-state index contributed by atoms with van der Waals surface area (Å²) in [5.41, 5.74) is 0. The lowest BCUT2D eigenvalue weighted by atomic mass is 10.3. The summed E-state index contributed by atoms with van der Waals surface area (Å²) in [6.07, 6.45) is 0. The van der Waals surface area contributed by atoms with Crippen molar-refractivity contribution in [1.29, 1.82) is 0 Å². The van der Waals surface area contributed by atoms with Crippen LogP contribution in [0.25, 0.3) is 0 Å². The van der Waals surface area contributed by atoms with Crippen LogP contribution in [0.1, 0.15) is 0 Å². The van der Waals surface area contributed by atoms with Gasteiger partial charge in [-0.1, -0.05) is 30.0 Å². The molecule has 2 aromatic carbocycles. The van der Waals surface area contributed by atoms with Crippen molar-refractivity contribution in [2.45, 2.75) is 9.79 Å². The number of halogens is 2. The van der Waals surface area contributed by atoms with E-state index in [0.717, 1.165) is 0 Å². The Balaban J connectivity index is 2.26. The predicted octanol–water partition coefficient (Wildman–Crippen LogP) is 4.12. The third-order valence-electron chi connectivity index (χ3n) is 1.86. The first kappa shape index (κ1) is 10.2. The molecule has 0 atom stereocenters. The van der Waals surface area contributed by atoms with Crippen LogP contribution in [-0.4, -0.2) is 0 Å². The van der Waals surface area contributed by atoms with Crippen LogP contribution in [0.4, 0.5) is 8.78 Å². The second-order valence-electron chi connectivity index (χ2n) is 2.99. The van der Waals surface area contributed by atoms with Gasteiger partial charge in [0.1, 0.15) is 11.6 Å². The molecule has 0 spiro atoms. The van der Waals surface area contributed by atoms with Crippen LogP contribution in [0, 0.1) is 11.6 Å². The number of benzene rings is 2. The highest BCUT2D eigenvalue weighted by Crippen LogP contribution is 2.29. The Labute approximate surface area is 90.9 Å². The first-order valence-electron chi connectivity index (χ1n) is 4.43. The fraction of sp³-hybridized carbons (Fsp3) is 0. The van der Waals surface area contributed by atoms with Crippen molar-refractivity contribution in [3.8, 4) is 0 Å². The van der Waals surface area contributed by atoms with Crippen LogP contribution in [0.2, 0.25) is 0 Å². The van der Waals surface area contributed by atoms with Crippen LogP contribution in [-0.2, 0) is 0 Å². The highest BCUT2D eigenvalue weighted by Gasteiger charge is 2.03. The first-order valence-corrected chi connectivity index (χ1v) is 5.25. The smallest absolute Gasteiger partial charge is 0.137 e. The normalized spacial score (nSPS) is 10.3. The molecule has 0 aromatic heterocycles. The van der Waals surface area contributed by atoms with E-state index < -0.39 is 0 Å². The average molecular weight is 222 g/mol. The van der Waals surface area contributed by atoms with Crippen molar-refractivity contribution in [3.63, 3.8) is 0 Å². The lowest BCUT2D eigenvalue weighted by Gasteiger charge is -2.02. The molecule has 0 unspecified atom stereocenters. The molecule has 0 bridgehead atoms. The Kier molecular flexibility index (Phi) is 3.02. The maximum Gasteiger partial charge on any atom is 0.137 e. The van der Waals surface area contributed by atoms with Gasteiger partial charge in [-0.3, -0.25) is 0 Å². The minimum atomic E-state index is -0.309. The SMILES string of the molecule is Fc1cccc(Sc2ccccc2F)c1. The van der Waals surface area contributed by atoms with Gasteiger partial charge in [-0.2, -0.15) is 0 Å². The minimum Gasteiger partial charge on any atom is -0.207 e. The molecule has 2 rings (SSSR count). The predicted molar refractivity (Wildman–Crippen MR) is 56.9 cm³/mol. The molecule has 0 nitrogen and oxygen atoms in total. The first-order chi connectivity index (χ1) is 7.25. The summed E-state index contributed by atoms with van der Waals surface area (Å²) >= 11 is 1.21. The van der Waals surface area contributed by atoms with Gasteiger partial charge in [0.15, 0.2) is 0 Å². The maximum absolute atomic E-state index is 13.3. The zero-order valence-corrected chi connectivity index (χ0v) is 8.60. The van der Waals surface area contributed by atoms with E-state index in [-0.39, 0.29) is 11.6 Å². The molecule has 0 aliphatic rings. The number of hydrogen-bond donors (Lipinski definition) is 0. The number of rotatable bonds is 2. The molecule has 3 heteroatoms. The highest BCUT2D eigenvalue weighted by atomic mass is 32.2. The van der Waals surface area contributed by atoms with E-state index in [2.05, 4.69) is 0 Å². The molecule has 0 radical (unpaired) electrons. The van der Waals surface area contributed by atoms with E-state index in [0.29, 0.717) is 9.79 Å². The topological polar surface area (TPSA) is 0 Å². The molecule has 0 fully saturated rings. The van der Waals surface area contributed by atoms with Crippen LogP contribution >= 0.6 is 11.8 Å². The van der Waals surface area contributed by atoms with Gasteiger partial charge in [0.2, 0.25) is 0 Å².